The van der Waals surface area contributed by atoms with Crippen molar-refractivity contribution in [3.05, 3.63) is 59.6 Å². The second-order valence-corrected chi connectivity index (χ2v) is 4.73. The fourth-order valence-corrected chi connectivity index (χ4v) is 2.24. The molecule has 0 radical (unpaired) electrons. The Morgan fingerprint density at radius 1 is 1.00 bits per heavy atom. The monoisotopic (exact) mass is 274 g/mol. The number of para-hydroxylation sites is 2. The lowest BCUT2D eigenvalue weighted by molar-refractivity contribution is 0.835. The molecule has 0 aliphatic heterocycles. The molecule has 0 bridgehead atoms. The minimum Gasteiger partial charge on any atom is -0.382 e. The Kier molecular flexibility index (Phi) is 5.10. The highest BCUT2D eigenvalue weighted by Gasteiger charge is 2.03. The largest absolute Gasteiger partial charge is 0.382 e. The lowest BCUT2D eigenvalue weighted by Crippen LogP contribution is -2.28. The van der Waals surface area contributed by atoms with E-state index in [4.69, 9.17) is 11.6 Å². The third kappa shape index (κ3) is 3.90. The Hall–Kier alpha value is -1.67. The molecular weight excluding hydrogens is 256 g/mol. The van der Waals surface area contributed by atoms with Crippen LogP contribution in [0.1, 0.15) is 6.92 Å². The molecule has 0 aliphatic carbocycles. The summed E-state index contributed by atoms with van der Waals surface area (Å²) in [6, 6.07) is 18.3. The first-order valence-corrected chi connectivity index (χ1v) is 6.97. The molecule has 0 amide bonds. The van der Waals surface area contributed by atoms with Gasteiger partial charge in [0, 0.05) is 25.3 Å². The van der Waals surface area contributed by atoms with Gasteiger partial charge in [0.25, 0.3) is 0 Å². The molecule has 0 heterocycles. The molecule has 0 unspecified atom stereocenters. The molecule has 1 N–H and O–H groups in total. The van der Waals surface area contributed by atoms with Crippen molar-refractivity contribution in [2.24, 2.45) is 0 Å². The van der Waals surface area contributed by atoms with Crippen molar-refractivity contribution in [3.63, 3.8) is 0 Å². The summed E-state index contributed by atoms with van der Waals surface area (Å²) in [5.74, 6) is 0. The van der Waals surface area contributed by atoms with Gasteiger partial charge in [0.05, 0.1) is 10.7 Å². The maximum Gasteiger partial charge on any atom is 0.0637 e. The molecule has 0 fully saturated rings. The molecular formula is C16H19ClN2. The van der Waals surface area contributed by atoms with Crippen LogP contribution in [-0.4, -0.2) is 19.6 Å². The van der Waals surface area contributed by atoms with Gasteiger partial charge >= 0.3 is 0 Å². The molecule has 0 saturated carbocycles. The summed E-state index contributed by atoms with van der Waals surface area (Å²) in [6.07, 6.45) is 0. The Bertz CT molecular complexity index is 499. The van der Waals surface area contributed by atoms with Gasteiger partial charge < -0.3 is 10.2 Å². The van der Waals surface area contributed by atoms with Crippen molar-refractivity contribution in [3.8, 4) is 0 Å². The highest BCUT2D eigenvalue weighted by atomic mass is 35.5. The van der Waals surface area contributed by atoms with Crippen LogP contribution in [0.15, 0.2) is 54.6 Å². The zero-order valence-corrected chi connectivity index (χ0v) is 11.9. The van der Waals surface area contributed by atoms with Crippen LogP contribution < -0.4 is 10.2 Å². The molecule has 100 valence electrons. The van der Waals surface area contributed by atoms with E-state index in [1.165, 1.54) is 5.69 Å². The van der Waals surface area contributed by atoms with E-state index in [0.717, 1.165) is 30.3 Å². The number of hydrogen-bond donors (Lipinski definition) is 1. The number of likely N-dealkylation sites (N-methyl/N-ethyl adjacent to an activating group) is 1. The second kappa shape index (κ2) is 7.05. The van der Waals surface area contributed by atoms with Crippen molar-refractivity contribution in [1.29, 1.82) is 0 Å². The summed E-state index contributed by atoms with van der Waals surface area (Å²) >= 11 is 6.11. The summed E-state index contributed by atoms with van der Waals surface area (Å²) in [6.45, 7) is 4.98. The maximum absolute atomic E-state index is 6.11. The number of hydrogen-bond acceptors (Lipinski definition) is 2. The van der Waals surface area contributed by atoms with Crippen LogP contribution >= 0.6 is 11.6 Å². The van der Waals surface area contributed by atoms with Gasteiger partial charge in [0.2, 0.25) is 0 Å². The van der Waals surface area contributed by atoms with Gasteiger partial charge in [-0.1, -0.05) is 41.9 Å². The lowest BCUT2D eigenvalue weighted by Gasteiger charge is -2.23. The van der Waals surface area contributed by atoms with E-state index in [-0.39, 0.29) is 0 Å². The van der Waals surface area contributed by atoms with Crippen LogP contribution in [0.25, 0.3) is 0 Å². The van der Waals surface area contributed by atoms with E-state index in [0.29, 0.717) is 0 Å². The van der Waals surface area contributed by atoms with Crippen molar-refractivity contribution < 1.29 is 0 Å². The minimum absolute atomic E-state index is 0.769. The van der Waals surface area contributed by atoms with E-state index in [9.17, 15) is 0 Å². The first kappa shape index (κ1) is 13.8. The van der Waals surface area contributed by atoms with Crippen LogP contribution in [0.4, 0.5) is 11.4 Å². The third-order valence-electron chi connectivity index (χ3n) is 3.07. The zero-order valence-electron chi connectivity index (χ0n) is 11.1. The van der Waals surface area contributed by atoms with Crippen molar-refractivity contribution in [1.82, 2.24) is 0 Å². The Labute approximate surface area is 120 Å². The van der Waals surface area contributed by atoms with Gasteiger partial charge in [-0.05, 0) is 31.2 Å². The summed E-state index contributed by atoms with van der Waals surface area (Å²) in [7, 11) is 0. The second-order valence-electron chi connectivity index (χ2n) is 4.32. The van der Waals surface area contributed by atoms with Gasteiger partial charge in [-0.25, -0.2) is 0 Å². The zero-order chi connectivity index (χ0) is 13.5. The predicted octanol–water partition coefficient (Wildman–Crippen LogP) is 4.28. The summed E-state index contributed by atoms with van der Waals surface area (Å²) in [5, 5.41) is 4.14. The van der Waals surface area contributed by atoms with E-state index in [2.05, 4.69) is 41.4 Å². The summed E-state index contributed by atoms with van der Waals surface area (Å²) in [4.78, 5) is 2.34. The van der Waals surface area contributed by atoms with E-state index >= 15 is 0 Å². The van der Waals surface area contributed by atoms with Crippen LogP contribution in [-0.2, 0) is 0 Å². The molecule has 0 atom stereocenters. The van der Waals surface area contributed by atoms with Gasteiger partial charge in [-0.2, -0.15) is 0 Å². The number of anilines is 2. The van der Waals surface area contributed by atoms with Crippen molar-refractivity contribution in [2.75, 3.05) is 29.9 Å². The minimum atomic E-state index is 0.769. The van der Waals surface area contributed by atoms with Crippen LogP contribution in [0.5, 0.6) is 0 Å². The van der Waals surface area contributed by atoms with Gasteiger partial charge in [-0.3, -0.25) is 0 Å². The molecule has 3 heteroatoms. The number of benzene rings is 2. The molecule has 2 nitrogen and oxygen atoms in total. The molecule has 19 heavy (non-hydrogen) atoms. The molecule has 0 spiro atoms. The highest BCUT2D eigenvalue weighted by molar-refractivity contribution is 6.33. The molecule has 2 rings (SSSR count). The van der Waals surface area contributed by atoms with E-state index < -0.39 is 0 Å². The smallest absolute Gasteiger partial charge is 0.0637 e. The first-order valence-electron chi connectivity index (χ1n) is 6.59. The fraction of sp³-hybridized carbons (Fsp3) is 0.250. The van der Waals surface area contributed by atoms with Crippen LogP contribution in [0, 0.1) is 0 Å². The van der Waals surface area contributed by atoms with Crippen LogP contribution in [0.3, 0.4) is 0 Å². The number of rotatable bonds is 6. The Balaban J connectivity index is 1.89. The van der Waals surface area contributed by atoms with Gasteiger partial charge in [-0.15, -0.1) is 0 Å². The Morgan fingerprint density at radius 2 is 1.68 bits per heavy atom. The molecule has 0 aromatic heterocycles. The van der Waals surface area contributed by atoms with Gasteiger partial charge in [0.1, 0.15) is 0 Å². The van der Waals surface area contributed by atoms with Crippen molar-refractivity contribution in [2.45, 2.75) is 6.92 Å². The first-order chi connectivity index (χ1) is 9.31. The predicted molar refractivity (Wildman–Crippen MR) is 84.3 cm³/mol. The average molecular weight is 275 g/mol. The SMILES string of the molecule is CCN(CCNc1ccccc1Cl)c1ccccc1. The fourth-order valence-electron chi connectivity index (χ4n) is 2.04. The van der Waals surface area contributed by atoms with Crippen molar-refractivity contribution >= 4 is 23.0 Å². The number of nitrogens with one attached hydrogen (secondary N) is 1. The number of nitrogens with zero attached hydrogens (tertiary/aromatic N) is 1. The normalized spacial score (nSPS) is 10.2. The van der Waals surface area contributed by atoms with Crippen LogP contribution in [0.2, 0.25) is 5.02 Å². The molecule has 2 aromatic rings. The topological polar surface area (TPSA) is 15.3 Å². The summed E-state index contributed by atoms with van der Waals surface area (Å²) < 4.78 is 0. The third-order valence-corrected chi connectivity index (χ3v) is 3.40. The lowest BCUT2D eigenvalue weighted by atomic mass is 10.3. The van der Waals surface area contributed by atoms with E-state index in [1.54, 1.807) is 0 Å². The quantitative estimate of drug-likeness (QED) is 0.846. The molecule has 0 aliphatic rings. The Morgan fingerprint density at radius 3 is 2.37 bits per heavy atom. The number of halogens is 1. The highest BCUT2D eigenvalue weighted by Crippen LogP contribution is 2.20. The van der Waals surface area contributed by atoms with E-state index in [1.807, 2.05) is 30.3 Å². The van der Waals surface area contributed by atoms with Gasteiger partial charge in [0.15, 0.2) is 0 Å². The summed E-state index contributed by atoms with van der Waals surface area (Å²) in [5.41, 5.74) is 2.25. The average Bonchev–Trinajstić information content (AvgIpc) is 2.46. The molecule has 0 saturated heterocycles. The maximum atomic E-state index is 6.11. The standard InChI is InChI=1S/C16H19ClN2/c1-2-19(14-8-4-3-5-9-14)13-12-18-16-11-7-6-10-15(16)17/h3-11,18H,2,12-13H2,1H3. The molecule has 2 aromatic carbocycles.